The van der Waals surface area contributed by atoms with Gasteiger partial charge in [0.1, 0.15) is 11.5 Å². The van der Waals surface area contributed by atoms with Crippen LogP contribution in [-0.2, 0) is 11.3 Å². The first-order valence-corrected chi connectivity index (χ1v) is 5.59. The lowest BCUT2D eigenvalue weighted by Gasteiger charge is -2.00. The Balaban J connectivity index is 2.07. The fraction of sp³-hybridized carbons (Fsp3) is 0.333. The third-order valence-electron chi connectivity index (χ3n) is 2.41. The second-order valence-corrected chi connectivity index (χ2v) is 3.87. The molecule has 5 heteroatoms. The Morgan fingerprint density at radius 2 is 2.29 bits per heavy atom. The number of halogens is 1. The number of pyridine rings is 1. The van der Waals surface area contributed by atoms with Crippen LogP contribution in [0.5, 0.6) is 0 Å². The van der Waals surface area contributed by atoms with Gasteiger partial charge < -0.3 is 9.72 Å². The number of imidazole rings is 1. The van der Waals surface area contributed by atoms with Crippen molar-refractivity contribution >= 4 is 11.6 Å². The fourth-order valence-corrected chi connectivity index (χ4v) is 1.61. The van der Waals surface area contributed by atoms with E-state index in [0.717, 1.165) is 12.1 Å². The number of aromatic nitrogens is 2. The van der Waals surface area contributed by atoms with E-state index in [2.05, 4.69) is 10.3 Å². The van der Waals surface area contributed by atoms with Crippen LogP contribution in [0.2, 0.25) is 0 Å². The van der Waals surface area contributed by atoms with Crippen LogP contribution in [0.25, 0.3) is 5.65 Å². The van der Waals surface area contributed by atoms with Gasteiger partial charge in [0.05, 0.1) is 12.2 Å². The van der Waals surface area contributed by atoms with Crippen molar-refractivity contribution in [1.82, 2.24) is 14.7 Å². The lowest BCUT2D eigenvalue weighted by molar-refractivity contribution is -0.121. The van der Waals surface area contributed by atoms with Gasteiger partial charge in [-0.05, 0) is 18.6 Å². The van der Waals surface area contributed by atoms with Crippen LogP contribution in [0, 0.1) is 5.82 Å². The molecule has 1 N–H and O–H groups in total. The van der Waals surface area contributed by atoms with Gasteiger partial charge in [-0.25, -0.2) is 9.37 Å². The molecule has 0 radical (unpaired) electrons. The van der Waals surface area contributed by atoms with Crippen molar-refractivity contribution in [2.75, 3.05) is 0 Å². The molecular weight excluding hydrogens is 221 g/mol. The second-order valence-electron chi connectivity index (χ2n) is 3.87. The molecule has 0 bridgehead atoms. The van der Waals surface area contributed by atoms with E-state index in [4.69, 9.17) is 0 Å². The molecule has 0 fully saturated rings. The Kier molecular flexibility index (Phi) is 3.37. The third kappa shape index (κ3) is 2.81. The van der Waals surface area contributed by atoms with Crippen LogP contribution >= 0.6 is 0 Å². The summed E-state index contributed by atoms with van der Waals surface area (Å²) in [6, 6.07) is 2.97. The first-order valence-electron chi connectivity index (χ1n) is 5.59. The number of carbonyl (C=O) groups is 1. The molecule has 0 atom stereocenters. The van der Waals surface area contributed by atoms with Gasteiger partial charge in [-0.1, -0.05) is 6.92 Å². The number of hydrogen-bond acceptors (Lipinski definition) is 2. The maximum atomic E-state index is 12.9. The molecule has 2 aromatic rings. The highest BCUT2D eigenvalue weighted by Gasteiger charge is 2.04. The summed E-state index contributed by atoms with van der Waals surface area (Å²) in [7, 11) is 0. The van der Waals surface area contributed by atoms with Crippen LogP contribution < -0.4 is 5.32 Å². The van der Waals surface area contributed by atoms with Gasteiger partial charge in [0.15, 0.2) is 0 Å². The quantitative estimate of drug-likeness (QED) is 0.879. The average molecular weight is 235 g/mol. The van der Waals surface area contributed by atoms with Crippen LogP contribution in [0.4, 0.5) is 4.39 Å². The maximum Gasteiger partial charge on any atom is 0.220 e. The Morgan fingerprint density at radius 3 is 3.06 bits per heavy atom. The van der Waals surface area contributed by atoms with Gasteiger partial charge in [0.25, 0.3) is 0 Å². The molecular formula is C12H14FN3O. The highest BCUT2D eigenvalue weighted by Crippen LogP contribution is 2.06. The molecule has 2 heterocycles. The molecule has 0 saturated carbocycles. The van der Waals surface area contributed by atoms with E-state index in [1.54, 1.807) is 16.7 Å². The summed E-state index contributed by atoms with van der Waals surface area (Å²) in [5.74, 6) is -0.299. The Labute approximate surface area is 98.5 Å². The van der Waals surface area contributed by atoms with E-state index in [1.807, 2.05) is 6.92 Å². The third-order valence-corrected chi connectivity index (χ3v) is 2.41. The molecule has 0 spiro atoms. The molecule has 90 valence electrons. The first-order chi connectivity index (χ1) is 8.19. The van der Waals surface area contributed by atoms with Crippen molar-refractivity contribution in [1.29, 1.82) is 0 Å². The average Bonchev–Trinajstić information content (AvgIpc) is 2.68. The molecule has 2 rings (SSSR count). The standard InChI is InChI=1S/C12H14FN3O/c1-2-3-12(17)14-6-10-8-16-7-9(13)4-5-11(16)15-10/h4-5,7-8H,2-3,6H2,1H3,(H,14,17). The lowest BCUT2D eigenvalue weighted by atomic mass is 10.3. The van der Waals surface area contributed by atoms with Crippen LogP contribution in [0.1, 0.15) is 25.5 Å². The zero-order valence-corrected chi connectivity index (χ0v) is 9.61. The van der Waals surface area contributed by atoms with Crippen LogP contribution in [0.15, 0.2) is 24.5 Å². The summed E-state index contributed by atoms with van der Waals surface area (Å²) >= 11 is 0. The second kappa shape index (κ2) is 4.95. The van der Waals surface area contributed by atoms with Gasteiger partial charge >= 0.3 is 0 Å². The fourth-order valence-electron chi connectivity index (χ4n) is 1.61. The number of fused-ring (bicyclic) bond motifs is 1. The van der Waals surface area contributed by atoms with Gasteiger partial charge in [-0.3, -0.25) is 4.79 Å². The number of rotatable bonds is 4. The minimum absolute atomic E-state index is 0.00994. The minimum atomic E-state index is -0.309. The molecule has 0 aromatic carbocycles. The largest absolute Gasteiger partial charge is 0.350 e. The lowest BCUT2D eigenvalue weighted by Crippen LogP contribution is -2.22. The van der Waals surface area contributed by atoms with E-state index in [9.17, 15) is 9.18 Å². The molecule has 1 amide bonds. The van der Waals surface area contributed by atoms with E-state index >= 15 is 0 Å². The number of nitrogens with zero attached hydrogens (tertiary/aromatic N) is 2. The van der Waals surface area contributed by atoms with Crippen molar-refractivity contribution in [3.05, 3.63) is 36.0 Å². The minimum Gasteiger partial charge on any atom is -0.350 e. The van der Waals surface area contributed by atoms with Crippen molar-refractivity contribution in [3.63, 3.8) is 0 Å². The van der Waals surface area contributed by atoms with E-state index in [-0.39, 0.29) is 11.7 Å². The van der Waals surface area contributed by atoms with E-state index in [1.165, 1.54) is 12.3 Å². The van der Waals surface area contributed by atoms with Crippen LogP contribution in [-0.4, -0.2) is 15.3 Å². The van der Waals surface area contributed by atoms with Crippen LogP contribution in [0.3, 0.4) is 0 Å². The van der Waals surface area contributed by atoms with E-state index in [0.29, 0.717) is 18.6 Å². The number of nitrogens with one attached hydrogen (secondary N) is 1. The molecule has 0 aliphatic rings. The SMILES string of the molecule is CCCC(=O)NCc1cn2cc(F)ccc2n1. The summed E-state index contributed by atoms with van der Waals surface area (Å²) in [6.07, 6.45) is 4.41. The highest BCUT2D eigenvalue weighted by molar-refractivity contribution is 5.75. The summed E-state index contributed by atoms with van der Waals surface area (Å²) in [5, 5.41) is 2.77. The number of carbonyl (C=O) groups excluding carboxylic acids is 1. The molecule has 2 aromatic heterocycles. The predicted octanol–water partition coefficient (Wildman–Crippen LogP) is 1.89. The summed E-state index contributed by atoms with van der Waals surface area (Å²) < 4.78 is 14.5. The van der Waals surface area contributed by atoms with Gasteiger partial charge in [-0.2, -0.15) is 0 Å². The summed E-state index contributed by atoms with van der Waals surface area (Å²) in [4.78, 5) is 15.5. The van der Waals surface area contributed by atoms with Gasteiger partial charge in [0, 0.05) is 18.8 Å². The smallest absolute Gasteiger partial charge is 0.220 e. The molecule has 0 unspecified atom stereocenters. The molecule has 4 nitrogen and oxygen atoms in total. The molecule has 0 saturated heterocycles. The van der Waals surface area contributed by atoms with E-state index < -0.39 is 0 Å². The number of amides is 1. The normalized spacial score (nSPS) is 10.7. The van der Waals surface area contributed by atoms with Gasteiger partial charge in [0.2, 0.25) is 5.91 Å². The zero-order valence-electron chi connectivity index (χ0n) is 9.61. The predicted molar refractivity (Wildman–Crippen MR) is 61.9 cm³/mol. The number of hydrogen-bond donors (Lipinski definition) is 1. The molecule has 0 aliphatic heterocycles. The van der Waals surface area contributed by atoms with Crippen molar-refractivity contribution in [2.24, 2.45) is 0 Å². The molecule has 0 aliphatic carbocycles. The Bertz CT molecular complexity index is 536. The summed E-state index contributed by atoms with van der Waals surface area (Å²) in [6.45, 7) is 2.33. The zero-order chi connectivity index (χ0) is 12.3. The van der Waals surface area contributed by atoms with Crippen molar-refractivity contribution < 1.29 is 9.18 Å². The topological polar surface area (TPSA) is 46.4 Å². The monoisotopic (exact) mass is 235 g/mol. The highest BCUT2D eigenvalue weighted by atomic mass is 19.1. The Hall–Kier alpha value is -1.91. The Morgan fingerprint density at radius 1 is 1.47 bits per heavy atom. The summed E-state index contributed by atoms with van der Waals surface area (Å²) in [5.41, 5.74) is 1.39. The molecule has 17 heavy (non-hydrogen) atoms. The van der Waals surface area contributed by atoms with Crippen molar-refractivity contribution in [3.8, 4) is 0 Å². The first kappa shape index (κ1) is 11.6. The van der Waals surface area contributed by atoms with Crippen molar-refractivity contribution in [2.45, 2.75) is 26.3 Å². The van der Waals surface area contributed by atoms with Gasteiger partial charge in [-0.15, -0.1) is 0 Å². The maximum absolute atomic E-state index is 12.9.